The number of hydrogen-bond acceptors (Lipinski definition) is 4. The Labute approximate surface area is 118 Å². The third-order valence-corrected chi connectivity index (χ3v) is 5.23. The molecule has 108 valence electrons. The highest BCUT2D eigenvalue weighted by atomic mass is 32.2. The second kappa shape index (κ2) is 5.46. The molecule has 0 spiro atoms. The van der Waals surface area contributed by atoms with Gasteiger partial charge in [-0.05, 0) is 26.0 Å². The Morgan fingerprint density at radius 2 is 1.90 bits per heavy atom. The van der Waals surface area contributed by atoms with Crippen molar-refractivity contribution in [1.82, 2.24) is 4.31 Å². The highest BCUT2D eigenvalue weighted by molar-refractivity contribution is 7.89. The van der Waals surface area contributed by atoms with Crippen LogP contribution in [0.25, 0.3) is 0 Å². The number of Topliss-reactive ketones (excluding diaryl/α,β-unsaturated/α-hetero) is 2. The third kappa shape index (κ3) is 2.96. The lowest BCUT2D eigenvalue weighted by Crippen LogP contribution is -2.29. The van der Waals surface area contributed by atoms with Crippen molar-refractivity contribution in [3.8, 4) is 0 Å². The van der Waals surface area contributed by atoms with Gasteiger partial charge in [-0.15, -0.1) is 0 Å². The molecule has 1 atom stereocenters. The fourth-order valence-electron chi connectivity index (χ4n) is 2.28. The summed E-state index contributed by atoms with van der Waals surface area (Å²) >= 11 is 0. The molecular formula is C14H17NO4S. The molecular weight excluding hydrogens is 278 g/mol. The number of nitrogens with zero attached hydrogens (tertiary/aromatic N) is 1. The van der Waals surface area contributed by atoms with Gasteiger partial charge in [-0.1, -0.05) is 17.7 Å². The molecule has 1 aliphatic heterocycles. The van der Waals surface area contributed by atoms with Gasteiger partial charge in [0, 0.05) is 18.9 Å². The number of hydrogen-bond donors (Lipinski definition) is 0. The van der Waals surface area contributed by atoms with Gasteiger partial charge in [0.05, 0.1) is 11.4 Å². The van der Waals surface area contributed by atoms with Gasteiger partial charge in [0.15, 0.2) is 5.78 Å². The number of sulfonamides is 1. The lowest BCUT2D eigenvalue weighted by molar-refractivity contribution is -0.124. The zero-order valence-electron chi connectivity index (χ0n) is 11.5. The monoisotopic (exact) mass is 295 g/mol. The normalized spacial score (nSPS) is 20.3. The van der Waals surface area contributed by atoms with E-state index in [9.17, 15) is 18.0 Å². The van der Waals surface area contributed by atoms with E-state index in [4.69, 9.17) is 0 Å². The summed E-state index contributed by atoms with van der Waals surface area (Å²) in [5, 5.41) is 0. The number of aryl methyl sites for hydroxylation is 1. The van der Waals surface area contributed by atoms with Crippen LogP contribution in [0.1, 0.15) is 18.9 Å². The van der Waals surface area contributed by atoms with Crippen LogP contribution in [-0.2, 0) is 19.6 Å². The third-order valence-electron chi connectivity index (χ3n) is 3.40. The summed E-state index contributed by atoms with van der Waals surface area (Å²) < 4.78 is 26.0. The molecule has 1 saturated heterocycles. The van der Waals surface area contributed by atoms with E-state index in [0.29, 0.717) is 0 Å². The lowest BCUT2D eigenvalue weighted by atomic mass is 10.0. The first-order valence-corrected chi connectivity index (χ1v) is 7.83. The molecule has 20 heavy (non-hydrogen) atoms. The van der Waals surface area contributed by atoms with Crippen LogP contribution < -0.4 is 0 Å². The summed E-state index contributed by atoms with van der Waals surface area (Å²) in [4.78, 5) is 23.1. The molecule has 0 amide bonds. The predicted octanol–water partition coefficient (Wildman–Crippen LogP) is 1.16. The van der Waals surface area contributed by atoms with E-state index >= 15 is 0 Å². The van der Waals surface area contributed by atoms with Crippen LogP contribution >= 0.6 is 0 Å². The molecule has 6 heteroatoms. The van der Waals surface area contributed by atoms with Crippen molar-refractivity contribution in [1.29, 1.82) is 0 Å². The molecule has 1 heterocycles. The second-order valence-electron chi connectivity index (χ2n) is 5.18. The van der Waals surface area contributed by atoms with E-state index in [1.165, 1.54) is 19.1 Å². The second-order valence-corrected chi connectivity index (χ2v) is 7.12. The molecule has 1 fully saturated rings. The summed E-state index contributed by atoms with van der Waals surface area (Å²) in [6.45, 7) is 3.23. The Bertz CT molecular complexity index is 634. The molecule has 0 N–H and O–H groups in total. The van der Waals surface area contributed by atoms with Gasteiger partial charge in [0.1, 0.15) is 5.78 Å². The summed E-state index contributed by atoms with van der Waals surface area (Å²) in [5.41, 5.74) is 0.968. The molecule has 0 saturated carbocycles. The van der Waals surface area contributed by atoms with Gasteiger partial charge >= 0.3 is 0 Å². The largest absolute Gasteiger partial charge is 0.300 e. The van der Waals surface area contributed by atoms with Crippen LogP contribution in [0.5, 0.6) is 0 Å². The van der Waals surface area contributed by atoms with E-state index in [1.807, 2.05) is 6.92 Å². The Kier molecular flexibility index (Phi) is 4.06. The summed E-state index contributed by atoms with van der Waals surface area (Å²) in [6.07, 6.45) is 0.110. The molecule has 1 aromatic rings. The first-order valence-electron chi connectivity index (χ1n) is 6.39. The highest BCUT2D eigenvalue weighted by Crippen LogP contribution is 2.24. The van der Waals surface area contributed by atoms with Gasteiger partial charge in [-0.25, -0.2) is 8.42 Å². The maximum absolute atomic E-state index is 12.4. The fourth-order valence-corrected chi connectivity index (χ4v) is 3.73. The minimum absolute atomic E-state index is 0.0919. The van der Waals surface area contributed by atoms with E-state index in [2.05, 4.69) is 0 Å². The van der Waals surface area contributed by atoms with Gasteiger partial charge < -0.3 is 4.79 Å². The van der Waals surface area contributed by atoms with Crippen molar-refractivity contribution in [2.75, 3.05) is 13.1 Å². The number of benzene rings is 1. The molecule has 2 rings (SSSR count). The summed E-state index contributed by atoms with van der Waals surface area (Å²) in [7, 11) is -3.66. The molecule has 0 aliphatic carbocycles. The van der Waals surface area contributed by atoms with Crippen LogP contribution in [0, 0.1) is 12.8 Å². The first-order chi connectivity index (χ1) is 9.30. The van der Waals surface area contributed by atoms with Crippen molar-refractivity contribution in [2.24, 2.45) is 5.92 Å². The molecule has 0 bridgehead atoms. The van der Waals surface area contributed by atoms with Crippen molar-refractivity contribution in [3.05, 3.63) is 29.8 Å². The minimum atomic E-state index is -3.66. The van der Waals surface area contributed by atoms with Crippen LogP contribution in [-0.4, -0.2) is 37.4 Å². The molecule has 5 nitrogen and oxygen atoms in total. The van der Waals surface area contributed by atoms with Crippen molar-refractivity contribution >= 4 is 21.6 Å². The van der Waals surface area contributed by atoms with Gasteiger partial charge in [0.2, 0.25) is 10.0 Å². The molecule has 1 unspecified atom stereocenters. The van der Waals surface area contributed by atoms with Crippen LogP contribution in [0.15, 0.2) is 29.2 Å². The Balaban J connectivity index is 2.21. The van der Waals surface area contributed by atoms with Crippen molar-refractivity contribution in [2.45, 2.75) is 25.2 Å². The Morgan fingerprint density at radius 3 is 2.45 bits per heavy atom. The van der Waals surface area contributed by atoms with Gasteiger partial charge in [-0.3, -0.25) is 4.79 Å². The zero-order valence-corrected chi connectivity index (χ0v) is 12.3. The lowest BCUT2D eigenvalue weighted by Gasteiger charge is -2.15. The first kappa shape index (κ1) is 14.9. The fraction of sp³-hybridized carbons (Fsp3) is 0.429. The molecule has 0 aromatic heterocycles. The maximum atomic E-state index is 12.4. The van der Waals surface area contributed by atoms with E-state index in [-0.39, 0.29) is 36.0 Å². The summed E-state index contributed by atoms with van der Waals surface area (Å²) in [6, 6.07) is 6.51. The standard InChI is InChI=1S/C14H17NO4S/c1-10-3-5-13(6-4-10)20(18,19)15-8-12(7-11(2)16)14(17)9-15/h3-6,12H,7-9H2,1-2H3. The van der Waals surface area contributed by atoms with E-state index in [0.717, 1.165) is 9.87 Å². The average molecular weight is 295 g/mol. The van der Waals surface area contributed by atoms with Gasteiger partial charge in [0.25, 0.3) is 0 Å². The number of ketones is 2. The topological polar surface area (TPSA) is 71.5 Å². The van der Waals surface area contributed by atoms with Crippen molar-refractivity contribution in [3.63, 3.8) is 0 Å². The maximum Gasteiger partial charge on any atom is 0.243 e. The van der Waals surface area contributed by atoms with Crippen molar-refractivity contribution < 1.29 is 18.0 Å². The summed E-state index contributed by atoms with van der Waals surface area (Å²) in [5.74, 6) is -0.790. The molecule has 1 aliphatic rings. The zero-order chi connectivity index (χ0) is 14.9. The average Bonchev–Trinajstić information content (AvgIpc) is 2.71. The van der Waals surface area contributed by atoms with Crippen LogP contribution in [0.2, 0.25) is 0 Å². The Morgan fingerprint density at radius 1 is 1.30 bits per heavy atom. The van der Waals surface area contributed by atoms with Crippen LogP contribution in [0.3, 0.4) is 0 Å². The SMILES string of the molecule is CC(=O)CC1CN(S(=O)(=O)c2ccc(C)cc2)CC1=O. The highest BCUT2D eigenvalue weighted by Gasteiger charge is 2.38. The van der Waals surface area contributed by atoms with E-state index < -0.39 is 15.9 Å². The van der Waals surface area contributed by atoms with E-state index in [1.54, 1.807) is 12.1 Å². The van der Waals surface area contributed by atoms with Gasteiger partial charge in [-0.2, -0.15) is 4.31 Å². The number of carbonyl (C=O) groups is 2. The smallest absolute Gasteiger partial charge is 0.243 e. The predicted molar refractivity (Wildman–Crippen MR) is 73.7 cm³/mol. The minimum Gasteiger partial charge on any atom is -0.300 e. The number of carbonyl (C=O) groups excluding carboxylic acids is 2. The number of rotatable bonds is 4. The molecule has 0 radical (unpaired) electrons. The Hall–Kier alpha value is -1.53. The van der Waals surface area contributed by atoms with Crippen LogP contribution in [0.4, 0.5) is 0 Å². The molecule has 1 aromatic carbocycles. The quantitative estimate of drug-likeness (QED) is 0.836.